The second kappa shape index (κ2) is 4.96. The first-order chi connectivity index (χ1) is 9.19. The lowest BCUT2D eigenvalue weighted by Gasteiger charge is -2.14. The van der Waals surface area contributed by atoms with E-state index in [1.165, 1.54) is 9.40 Å². The van der Waals surface area contributed by atoms with Crippen molar-refractivity contribution in [3.05, 3.63) is 51.7 Å². The predicted molar refractivity (Wildman–Crippen MR) is 81.5 cm³/mol. The van der Waals surface area contributed by atoms with Crippen molar-refractivity contribution in [1.29, 1.82) is 0 Å². The van der Waals surface area contributed by atoms with Gasteiger partial charge in [-0.15, -0.1) is 22.7 Å². The van der Waals surface area contributed by atoms with Gasteiger partial charge in [-0.2, -0.15) is 0 Å². The van der Waals surface area contributed by atoms with E-state index in [-0.39, 0.29) is 0 Å². The summed E-state index contributed by atoms with van der Waals surface area (Å²) in [6.07, 6.45) is -0.626. The topological polar surface area (TPSA) is 29.5 Å². The van der Waals surface area contributed by atoms with Crippen LogP contribution in [0.15, 0.2) is 35.7 Å². The number of ether oxygens (including phenoxy) is 1. The highest BCUT2D eigenvalue weighted by Crippen LogP contribution is 2.38. The fourth-order valence-corrected chi connectivity index (χ4v) is 4.26. The summed E-state index contributed by atoms with van der Waals surface area (Å²) in [5, 5.41) is 12.7. The van der Waals surface area contributed by atoms with E-state index < -0.39 is 6.10 Å². The van der Waals surface area contributed by atoms with E-state index in [0.717, 1.165) is 21.8 Å². The van der Waals surface area contributed by atoms with Gasteiger partial charge in [-0.25, -0.2) is 0 Å². The highest BCUT2D eigenvalue weighted by Gasteiger charge is 2.18. The van der Waals surface area contributed by atoms with Crippen LogP contribution in [0.1, 0.15) is 22.1 Å². The molecule has 2 heterocycles. The van der Waals surface area contributed by atoms with Gasteiger partial charge in [0.15, 0.2) is 0 Å². The molecule has 98 valence electrons. The number of thiophene rings is 2. The normalized spacial score (nSPS) is 12.8. The molecule has 3 rings (SSSR count). The summed E-state index contributed by atoms with van der Waals surface area (Å²) < 4.78 is 7.80. The van der Waals surface area contributed by atoms with Crippen LogP contribution in [-0.4, -0.2) is 12.2 Å². The Labute approximate surface area is 119 Å². The summed E-state index contributed by atoms with van der Waals surface area (Å²) in [7, 11) is 1.63. The first-order valence-corrected chi connectivity index (χ1v) is 7.68. The van der Waals surface area contributed by atoms with Gasteiger partial charge in [0.25, 0.3) is 0 Å². The zero-order chi connectivity index (χ0) is 13.4. The van der Waals surface area contributed by atoms with Crippen molar-refractivity contribution in [3.8, 4) is 5.75 Å². The third-order valence-electron chi connectivity index (χ3n) is 3.11. The summed E-state index contributed by atoms with van der Waals surface area (Å²) in [6, 6.07) is 10.0. The number of fused-ring (bicyclic) bond motifs is 1. The number of hydrogen-bond acceptors (Lipinski definition) is 4. The van der Waals surface area contributed by atoms with Gasteiger partial charge >= 0.3 is 0 Å². The smallest absolute Gasteiger partial charge is 0.125 e. The number of rotatable bonds is 3. The van der Waals surface area contributed by atoms with Gasteiger partial charge in [0.05, 0.1) is 7.11 Å². The molecule has 1 N–H and O–H groups in total. The van der Waals surface area contributed by atoms with E-state index in [1.807, 2.05) is 25.1 Å². The number of aliphatic hydroxyl groups excluding tert-OH is 1. The van der Waals surface area contributed by atoms with Gasteiger partial charge in [0.1, 0.15) is 11.9 Å². The summed E-state index contributed by atoms with van der Waals surface area (Å²) in [4.78, 5) is 0.964. The van der Waals surface area contributed by atoms with E-state index in [2.05, 4.69) is 17.5 Å². The molecular weight excluding hydrogens is 276 g/mol. The van der Waals surface area contributed by atoms with Gasteiger partial charge in [-0.1, -0.05) is 11.6 Å². The zero-order valence-corrected chi connectivity index (χ0v) is 12.3. The Balaban J connectivity index is 2.05. The van der Waals surface area contributed by atoms with Crippen LogP contribution in [0.2, 0.25) is 0 Å². The zero-order valence-electron chi connectivity index (χ0n) is 10.7. The van der Waals surface area contributed by atoms with Crippen molar-refractivity contribution in [3.63, 3.8) is 0 Å². The molecule has 19 heavy (non-hydrogen) atoms. The Morgan fingerprint density at radius 1 is 1.16 bits per heavy atom. The van der Waals surface area contributed by atoms with Crippen LogP contribution >= 0.6 is 22.7 Å². The van der Waals surface area contributed by atoms with Gasteiger partial charge in [0, 0.05) is 19.8 Å². The Morgan fingerprint density at radius 3 is 2.74 bits per heavy atom. The van der Waals surface area contributed by atoms with Crippen molar-refractivity contribution >= 4 is 32.1 Å². The monoisotopic (exact) mass is 290 g/mol. The average molecular weight is 290 g/mol. The maximum atomic E-state index is 10.6. The van der Waals surface area contributed by atoms with Crippen LogP contribution in [-0.2, 0) is 0 Å². The Bertz CT molecular complexity index is 683. The highest BCUT2D eigenvalue weighted by molar-refractivity contribution is 7.26. The minimum Gasteiger partial charge on any atom is -0.496 e. The van der Waals surface area contributed by atoms with Crippen LogP contribution in [0.5, 0.6) is 5.75 Å². The molecular formula is C15H14O2S2. The van der Waals surface area contributed by atoms with Gasteiger partial charge in [0.2, 0.25) is 0 Å². The molecule has 0 bridgehead atoms. The van der Waals surface area contributed by atoms with Crippen LogP contribution in [0, 0.1) is 6.92 Å². The Kier molecular flexibility index (Phi) is 3.31. The largest absolute Gasteiger partial charge is 0.496 e. The van der Waals surface area contributed by atoms with Gasteiger partial charge in [-0.3, -0.25) is 0 Å². The molecule has 0 aliphatic rings. The molecule has 0 saturated heterocycles. The third kappa shape index (κ3) is 2.27. The minimum atomic E-state index is -0.626. The van der Waals surface area contributed by atoms with E-state index in [1.54, 1.807) is 29.8 Å². The second-order valence-electron chi connectivity index (χ2n) is 4.45. The number of aryl methyl sites for hydroxylation is 1. The van der Waals surface area contributed by atoms with Crippen molar-refractivity contribution in [1.82, 2.24) is 0 Å². The van der Waals surface area contributed by atoms with E-state index in [9.17, 15) is 5.11 Å². The van der Waals surface area contributed by atoms with Crippen LogP contribution in [0.25, 0.3) is 9.40 Å². The number of aliphatic hydroxyl groups is 1. The van der Waals surface area contributed by atoms with Crippen molar-refractivity contribution in [2.45, 2.75) is 13.0 Å². The molecule has 0 amide bonds. The van der Waals surface area contributed by atoms with Crippen LogP contribution in [0.3, 0.4) is 0 Å². The van der Waals surface area contributed by atoms with E-state index in [0.29, 0.717) is 0 Å². The van der Waals surface area contributed by atoms with Gasteiger partial charge < -0.3 is 9.84 Å². The lowest BCUT2D eigenvalue weighted by molar-refractivity contribution is 0.218. The number of hydrogen-bond donors (Lipinski definition) is 1. The lowest BCUT2D eigenvalue weighted by Crippen LogP contribution is -2.01. The number of methoxy groups -OCH3 is 1. The Hall–Kier alpha value is -1.36. The summed E-state index contributed by atoms with van der Waals surface area (Å²) in [5.41, 5.74) is 1.95. The molecule has 2 nitrogen and oxygen atoms in total. The van der Waals surface area contributed by atoms with Crippen molar-refractivity contribution in [2.24, 2.45) is 0 Å². The van der Waals surface area contributed by atoms with Crippen LogP contribution in [0.4, 0.5) is 0 Å². The first-order valence-electron chi connectivity index (χ1n) is 5.98. The fourth-order valence-electron chi connectivity index (χ4n) is 2.14. The molecule has 1 aromatic carbocycles. The molecule has 2 aromatic heterocycles. The standard InChI is InChI=1S/C15H14O2S2/c1-9-3-4-11(17-2)10(7-9)15(16)14-8-13-12(19-14)5-6-18-13/h3-8,15-16H,1-2H3. The summed E-state index contributed by atoms with van der Waals surface area (Å²) >= 11 is 3.34. The second-order valence-corrected chi connectivity index (χ2v) is 6.51. The highest BCUT2D eigenvalue weighted by atomic mass is 32.1. The minimum absolute atomic E-state index is 0.626. The molecule has 1 atom stereocenters. The van der Waals surface area contributed by atoms with E-state index in [4.69, 9.17) is 4.74 Å². The molecule has 0 saturated carbocycles. The molecule has 1 unspecified atom stereocenters. The fraction of sp³-hybridized carbons (Fsp3) is 0.200. The molecule has 0 fully saturated rings. The third-order valence-corrected chi connectivity index (χ3v) is 5.25. The molecule has 0 aliphatic carbocycles. The maximum Gasteiger partial charge on any atom is 0.125 e. The van der Waals surface area contributed by atoms with Crippen LogP contribution < -0.4 is 4.74 Å². The average Bonchev–Trinajstić information content (AvgIpc) is 2.98. The SMILES string of the molecule is COc1ccc(C)cc1C(O)c1cc2sccc2s1. The number of benzene rings is 1. The Morgan fingerprint density at radius 2 is 2.00 bits per heavy atom. The molecule has 4 heteroatoms. The molecule has 0 aliphatic heterocycles. The van der Waals surface area contributed by atoms with Crippen molar-refractivity contribution in [2.75, 3.05) is 7.11 Å². The lowest BCUT2D eigenvalue weighted by atomic mass is 10.0. The first kappa shape index (κ1) is 12.7. The maximum absolute atomic E-state index is 10.6. The molecule has 0 spiro atoms. The van der Waals surface area contributed by atoms with E-state index >= 15 is 0 Å². The molecule has 0 radical (unpaired) electrons. The summed E-state index contributed by atoms with van der Waals surface area (Å²) in [5.74, 6) is 0.731. The van der Waals surface area contributed by atoms with Crippen molar-refractivity contribution < 1.29 is 9.84 Å². The van der Waals surface area contributed by atoms with Gasteiger partial charge in [-0.05, 0) is 36.6 Å². The molecule has 3 aromatic rings. The summed E-state index contributed by atoms with van der Waals surface area (Å²) in [6.45, 7) is 2.02. The quantitative estimate of drug-likeness (QED) is 0.776. The predicted octanol–water partition coefficient (Wildman–Crippen LogP) is 4.36.